The van der Waals surface area contributed by atoms with Gasteiger partial charge in [0.25, 0.3) is 5.91 Å². The van der Waals surface area contributed by atoms with Crippen molar-refractivity contribution in [3.8, 4) is 11.8 Å². The molecule has 1 aromatic rings. The Labute approximate surface area is 113 Å². The van der Waals surface area contributed by atoms with Crippen LogP contribution in [0.25, 0.3) is 0 Å². The van der Waals surface area contributed by atoms with Crippen molar-refractivity contribution in [1.29, 1.82) is 5.26 Å². The van der Waals surface area contributed by atoms with Crippen LogP contribution in [-0.4, -0.2) is 30.5 Å². The summed E-state index contributed by atoms with van der Waals surface area (Å²) < 4.78 is 5.46. The molecule has 0 saturated carbocycles. The average molecular weight is 258 g/mol. The lowest BCUT2D eigenvalue weighted by molar-refractivity contribution is -0.132. The molecule has 100 valence electrons. The van der Waals surface area contributed by atoms with Gasteiger partial charge < -0.3 is 9.64 Å². The van der Waals surface area contributed by atoms with E-state index in [1.54, 1.807) is 24.3 Å². The van der Waals surface area contributed by atoms with Crippen molar-refractivity contribution in [2.75, 3.05) is 19.7 Å². The topological polar surface area (TPSA) is 53.3 Å². The number of nitrogens with zero attached hydrogens (tertiary/aromatic N) is 2. The van der Waals surface area contributed by atoms with Gasteiger partial charge >= 0.3 is 0 Å². The number of carbonyl (C=O) groups is 1. The van der Waals surface area contributed by atoms with Gasteiger partial charge in [0.15, 0.2) is 6.61 Å². The number of hydrogen-bond donors (Lipinski definition) is 0. The van der Waals surface area contributed by atoms with Crippen LogP contribution in [-0.2, 0) is 4.79 Å². The highest BCUT2D eigenvalue weighted by atomic mass is 16.5. The Bertz CT molecular complexity index is 517. The Morgan fingerprint density at radius 1 is 1.47 bits per heavy atom. The quantitative estimate of drug-likeness (QED) is 0.835. The van der Waals surface area contributed by atoms with E-state index in [-0.39, 0.29) is 17.9 Å². The van der Waals surface area contributed by atoms with Crippen molar-refractivity contribution >= 4 is 5.91 Å². The average Bonchev–Trinajstić information content (AvgIpc) is 2.76. The highest BCUT2D eigenvalue weighted by Crippen LogP contribution is 2.28. The molecule has 1 saturated heterocycles. The summed E-state index contributed by atoms with van der Waals surface area (Å²) in [6.07, 6.45) is 1.02. The lowest BCUT2D eigenvalue weighted by atomic mass is 9.93. The summed E-state index contributed by atoms with van der Waals surface area (Å²) in [6.45, 7) is 5.87. The standard InChI is InChI=1S/C15H18N2O2/c1-15(2)7-8-17(11-15)14(18)10-19-13-6-4-3-5-12(13)9-16/h3-6H,7-8,10-11H2,1-2H3. The number of ether oxygens (including phenoxy) is 1. The third-order valence-electron chi connectivity index (χ3n) is 3.39. The summed E-state index contributed by atoms with van der Waals surface area (Å²) in [7, 11) is 0. The molecule has 1 fully saturated rings. The smallest absolute Gasteiger partial charge is 0.260 e. The number of rotatable bonds is 3. The molecule has 0 unspecified atom stereocenters. The second kappa shape index (κ2) is 5.31. The van der Waals surface area contributed by atoms with Crippen molar-refractivity contribution < 1.29 is 9.53 Å². The van der Waals surface area contributed by atoms with E-state index in [2.05, 4.69) is 19.9 Å². The Balaban J connectivity index is 1.93. The number of hydrogen-bond acceptors (Lipinski definition) is 3. The van der Waals surface area contributed by atoms with E-state index in [1.807, 2.05) is 4.90 Å². The van der Waals surface area contributed by atoms with Gasteiger partial charge in [-0.3, -0.25) is 4.79 Å². The summed E-state index contributed by atoms with van der Waals surface area (Å²) >= 11 is 0. The predicted octanol–water partition coefficient (Wildman–Crippen LogP) is 2.20. The molecule has 1 aromatic carbocycles. The molecule has 2 rings (SSSR count). The van der Waals surface area contributed by atoms with Gasteiger partial charge in [0.1, 0.15) is 11.8 Å². The van der Waals surface area contributed by atoms with Crippen molar-refractivity contribution in [3.63, 3.8) is 0 Å². The van der Waals surface area contributed by atoms with E-state index in [0.717, 1.165) is 19.5 Å². The second-order valence-corrected chi connectivity index (χ2v) is 5.63. The molecule has 1 aliphatic heterocycles. The van der Waals surface area contributed by atoms with Gasteiger partial charge in [-0.25, -0.2) is 0 Å². The minimum absolute atomic E-state index is 0.00519. The third kappa shape index (κ3) is 3.25. The van der Waals surface area contributed by atoms with Crippen LogP contribution in [0.3, 0.4) is 0 Å². The molecular weight excluding hydrogens is 240 g/mol. The maximum Gasteiger partial charge on any atom is 0.260 e. The number of amides is 1. The minimum atomic E-state index is -0.0154. The van der Waals surface area contributed by atoms with E-state index >= 15 is 0 Å². The third-order valence-corrected chi connectivity index (χ3v) is 3.39. The van der Waals surface area contributed by atoms with Gasteiger partial charge in [-0.1, -0.05) is 26.0 Å². The molecule has 0 aliphatic carbocycles. The van der Waals surface area contributed by atoms with E-state index in [1.165, 1.54) is 0 Å². The molecule has 0 spiro atoms. The Kier molecular flexibility index (Phi) is 3.75. The second-order valence-electron chi connectivity index (χ2n) is 5.63. The van der Waals surface area contributed by atoms with Gasteiger partial charge in [-0.15, -0.1) is 0 Å². The summed E-state index contributed by atoms with van der Waals surface area (Å²) in [6, 6.07) is 9.00. The van der Waals surface area contributed by atoms with Crippen LogP contribution in [0.4, 0.5) is 0 Å². The van der Waals surface area contributed by atoms with Crippen LogP contribution in [0.5, 0.6) is 5.75 Å². The van der Waals surface area contributed by atoms with Crippen molar-refractivity contribution in [2.45, 2.75) is 20.3 Å². The predicted molar refractivity (Wildman–Crippen MR) is 71.6 cm³/mol. The van der Waals surface area contributed by atoms with Crippen LogP contribution >= 0.6 is 0 Å². The lowest BCUT2D eigenvalue weighted by Crippen LogP contribution is -2.34. The molecular formula is C15H18N2O2. The number of carbonyl (C=O) groups excluding carboxylic acids is 1. The zero-order chi connectivity index (χ0) is 13.9. The molecule has 19 heavy (non-hydrogen) atoms. The minimum Gasteiger partial charge on any atom is -0.482 e. The monoisotopic (exact) mass is 258 g/mol. The molecule has 1 amide bonds. The van der Waals surface area contributed by atoms with Crippen LogP contribution in [0.1, 0.15) is 25.8 Å². The molecule has 1 heterocycles. The van der Waals surface area contributed by atoms with Gasteiger partial charge in [0.2, 0.25) is 0 Å². The van der Waals surface area contributed by atoms with Crippen LogP contribution in [0.15, 0.2) is 24.3 Å². The SMILES string of the molecule is CC1(C)CCN(C(=O)COc2ccccc2C#N)C1. The fourth-order valence-electron chi connectivity index (χ4n) is 2.24. The van der Waals surface area contributed by atoms with Crippen LogP contribution in [0.2, 0.25) is 0 Å². The first kappa shape index (κ1) is 13.4. The molecule has 4 nitrogen and oxygen atoms in total. The van der Waals surface area contributed by atoms with Gasteiger partial charge in [0, 0.05) is 13.1 Å². The number of benzene rings is 1. The maximum atomic E-state index is 12.0. The summed E-state index contributed by atoms with van der Waals surface area (Å²) in [5.41, 5.74) is 0.650. The maximum absolute atomic E-state index is 12.0. The van der Waals surface area contributed by atoms with E-state index in [4.69, 9.17) is 10.00 Å². The number of likely N-dealkylation sites (tertiary alicyclic amines) is 1. The van der Waals surface area contributed by atoms with Crippen molar-refractivity contribution in [1.82, 2.24) is 4.90 Å². The number of para-hydroxylation sites is 1. The fourth-order valence-corrected chi connectivity index (χ4v) is 2.24. The van der Waals surface area contributed by atoms with Crippen LogP contribution in [0, 0.1) is 16.7 Å². The van der Waals surface area contributed by atoms with E-state index in [0.29, 0.717) is 11.3 Å². The Hall–Kier alpha value is -2.02. The molecule has 0 atom stereocenters. The zero-order valence-electron chi connectivity index (χ0n) is 11.3. The fraction of sp³-hybridized carbons (Fsp3) is 0.467. The first-order valence-electron chi connectivity index (χ1n) is 6.41. The van der Waals surface area contributed by atoms with Gasteiger partial charge in [-0.05, 0) is 24.0 Å². The van der Waals surface area contributed by atoms with E-state index in [9.17, 15) is 4.79 Å². The number of nitriles is 1. The molecule has 0 aromatic heterocycles. The first-order valence-corrected chi connectivity index (χ1v) is 6.41. The summed E-state index contributed by atoms with van der Waals surface area (Å²) in [5.74, 6) is 0.454. The molecule has 0 bridgehead atoms. The van der Waals surface area contributed by atoms with Crippen molar-refractivity contribution in [2.24, 2.45) is 5.41 Å². The summed E-state index contributed by atoms with van der Waals surface area (Å²) in [5, 5.41) is 8.94. The summed E-state index contributed by atoms with van der Waals surface area (Å²) in [4.78, 5) is 13.9. The van der Waals surface area contributed by atoms with Crippen LogP contribution < -0.4 is 4.74 Å². The Morgan fingerprint density at radius 3 is 2.84 bits per heavy atom. The molecule has 1 aliphatic rings. The molecule has 0 radical (unpaired) electrons. The van der Waals surface area contributed by atoms with Gasteiger partial charge in [-0.2, -0.15) is 5.26 Å². The zero-order valence-corrected chi connectivity index (χ0v) is 11.3. The normalized spacial score (nSPS) is 17.0. The van der Waals surface area contributed by atoms with E-state index < -0.39 is 0 Å². The highest BCUT2D eigenvalue weighted by molar-refractivity contribution is 5.78. The van der Waals surface area contributed by atoms with Gasteiger partial charge in [0.05, 0.1) is 5.56 Å². The van der Waals surface area contributed by atoms with Crippen molar-refractivity contribution in [3.05, 3.63) is 29.8 Å². The molecule has 0 N–H and O–H groups in total. The Morgan fingerprint density at radius 2 is 2.21 bits per heavy atom. The first-order chi connectivity index (χ1) is 9.02. The molecule has 4 heteroatoms. The lowest BCUT2D eigenvalue weighted by Gasteiger charge is -2.20. The highest BCUT2D eigenvalue weighted by Gasteiger charge is 2.31. The largest absolute Gasteiger partial charge is 0.482 e.